The SMILES string of the molecule is CCC=CC=CC=CC(=O)OC=CC=CCCCC. The summed E-state index contributed by atoms with van der Waals surface area (Å²) in [4.78, 5) is 11.2. The number of allylic oxidation sites excluding steroid dienone is 8. The first-order valence-electron chi connectivity index (χ1n) is 6.83. The van der Waals surface area contributed by atoms with Gasteiger partial charge in [0.2, 0.25) is 0 Å². The lowest BCUT2D eigenvalue weighted by Crippen LogP contribution is -1.92. The smallest absolute Gasteiger partial charge is 0.335 e. The molecule has 0 aliphatic rings. The van der Waals surface area contributed by atoms with E-state index in [4.69, 9.17) is 4.74 Å². The number of ether oxygens (including phenoxy) is 1. The van der Waals surface area contributed by atoms with Crippen molar-refractivity contribution in [2.45, 2.75) is 39.5 Å². The van der Waals surface area contributed by atoms with Crippen molar-refractivity contribution in [3.63, 3.8) is 0 Å². The maximum atomic E-state index is 11.2. The van der Waals surface area contributed by atoms with Crippen LogP contribution in [0.5, 0.6) is 0 Å². The second-order valence-corrected chi connectivity index (χ2v) is 3.92. The van der Waals surface area contributed by atoms with Crippen molar-refractivity contribution in [1.82, 2.24) is 0 Å². The van der Waals surface area contributed by atoms with E-state index in [1.165, 1.54) is 25.2 Å². The molecule has 0 rings (SSSR count). The zero-order valence-corrected chi connectivity index (χ0v) is 11.9. The number of rotatable bonds is 9. The van der Waals surface area contributed by atoms with Crippen LogP contribution in [-0.2, 0) is 9.53 Å². The Hall–Kier alpha value is -1.83. The number of carbonyl (C=O) groups excluding carboxylic acids is 1. The summed E-state index contributed by atoms with van der Waals surface area (Å²) in [6, 6.07) is 0. The maximum absolute atomic E-state index is 11.2. The van der Waals surface area contributed by atoms with E-state index in [9.17, 15) is 4.79 Å². The highest BCUT2D eigenvalue weighted by atomic mass is 16.5. The highest BCUT2D eigenvalue weighted by Gasteiger charge is 1.89. The normalized spacial score (nSPS) is 12.7. The number of unbranched alkanes of at least 4 members (excludes halogenated alkanes) is 2. The van der Waals surface area contributed by atoms with E-state index < -0.39 is 0 Å². The van der Waals surface area contributed by atoms with E-state index in [0.717, 1.165) is 12.8 Å². The minimum Gasteiger partial charge on any atom is -0.431 e. The highest BCUT2D eigenvalue weighted by Crippen LogP contribution is 1.95. The molecule has 0 aromatic heterocycles. The second kappa shape index (κ2) is 14.2. The molecule has 0 atom stereocenters. The molecule has 0 unspecified atom stereocenters. The van der Waals surface area contributed by atoms with Gasteiger partial charge in [-0.2, -0.15) is 0 Å². The van der Waals surface area contributed by atoms with Gasteiger partial charge in [-0.15, -0.1) is 0 Å². The summed E-state index contributed by atoms with van der Waals surface area (Å²) in [5, 5.41) is 0. The van der Waals surface area contributed by atoms with Gasteiger partial charge < -0.3 is 4.74 Å². The molecule has 0 aromatic carbocycles. The predicted molar refractivity (Wildman–Crippen MR) is 81.6 cm³/mol. The van der Waals surface area contributed by atoms with Crippen LogP contribution in [0.4, 0.5) is 0 Å². The van der Waals surface area contributed by atoms with E-state index in [1.54, 1.807) is 18.2 Å². The van der Waals surface area contributed by atoms with Crippen LogP contribution in [0.15, 0.2) is 60.9 Å². The van der Waals surface area contributed by atoms with Crippen molar-refractivity contribution in [3.8, 4) is 0 Å². The van der Waals surface area contributed by atoms with Gasteiger partial charge in [0.1, 0.15) is 0 Å². The molecule has 0 radical (unpaired) electrons. The van der Waals surface area contributed by atoms with E-state index in [0.29, 0.717) is 0 Å². The molecular weight excluding hydrogens is 236 g/mol. The van der Waals surface area contributed by atoms with E-state index in [2.05, 4.69) is 19.9 Å². The Morgan fingerprint density at radius 2 is 1.68 bits per heavy atom. The van der Waals surface area contributed by atoms with Gasteiger partial charge in [-0.1, -0.05) is 69.2 Å². The first-order chi connectivity index (χ1) is 9.31. The average Bonchev–Trinajstić information content (AvgIpc) is 2.41. The molecule has 0 aliphatic carbocycles. The molecule has 0 amide bonds. The minimum atomic E-state index is -0.373. The summed E-state index contributed by atoms with van der Waals surface area (Å²) >= 11 is 0. The lowest BCUT2D eigenvalue weighted by molar-refractivity contribution is -0.132. The second-order valence-electron chi connectivity index (χ2n) is 3.92. The van der Waals surface area contributed by atoms with Crippen LogP contribution in [0.3, 0.4) is 0 Å². The molecule has 0 saturated heterocycles. The zero-order valence-electron chi connectivity index (χ0n) is 11.9. The molecule has 19 heavy (non-hydrogen) atoms. The topological polar surface area (TPSA) is 26.3 Å². The number of esters is 1. The van der Waals surface area contributed by atoms with Gasteiger partial charge in [0.05, 0.1) is 6.26 Å². The largest absolute Gasteiger partial charge is 0.431 e. The fraction of sp³-hybridized carbons (Fsp3) is 0.353. The van der Waals surface area contributed by atoms with Gasteiger partial charge in [-0.05, 0) is 18.9 Å². The number of hydrogen-bond donors (Lipinski definition) is 0. The fourth-order valence-electron chi connectivity index (χ4n) is 1.16. The molecule has 0 aliphatic heterocycles. The standard InChI is InChI=1S/C17H24O2/c1-3-5-7-9-11-13-15-17(18)19-16-14-12-10-8-6-4-2/h5,7,9-16H,3-4,6,8H2,1-2H3. The van der Waals surface area contributed by atoms with Crippen LogP contribution in [0.25, 0.3) is 0 Å². The van der Waals surface area contributed by atoms with Gasteiger partial charge in [-0.3, -0.25) is 0 Å². The van der Waals surface area contributed by atoms with E-state index in [1.807, 2.05) is 24.3 Å². The molecule has 104 valence electrons. The van der Waals surface area contributed by atoms with Gasteiger partial charge >= 0.3 is 5.97 Å². The van der Waals surface area contributed by atoms with Crippen molar-refractivity contribution in [2.75, 3.05) is 0 Å². The molecule has 0 bridgehead atoms. The zero-order chi connectivity index (χ0) is 14.2. The predicted octanol–water partition coefficient (Wildman–Crippen LogP) is 4.87. The molecule has 0 fully saturated rings. The van der Waals surface area contributed by atoms with E-state index >= 15 is 0 Å². The maximum Gasteiger partial charge on any atom is 0.335 e. The van der Waals surface area contributed by atoms with Crippen molar-refractivity contribution >= 4 is 5.97 Å². The van der Waals surface area contributed by atoms with Gasteiger partial charge in [0, 0.05) is 6.08 Å². The minimum absolute atomic E-state index is 0.373. The number of hydrogen-bond acceptors (Lipinski definition) is 2. The van der Waals surface area contributed by atoms with E-state index in [-0.39, 0.29) is 5.97 Å². The highest BCUT2D eigenvalue weighted by molar-refractivity contribution is 5.82. The summed E-state index contributed by atoms with van der Waals surface area (Å²) in [5.41, 5.74) is 0. The molecule has 0 aromatic rings. The molecule has 0 heterocycles. The molecule has 0 saturated carbocycles. The molecule has 2 nitrogen and oxygen atoms in total. The van der Waals surface area contributed by atoms with Crippen molar-refractivity contribution in [3.05, 3.63) is 60.9 Å². The van der Waals surface area contributed by atoms with Crippen LogP contribution in [0.2, 0.25) is 0 Å². The summed E-state index contributed by atoms with van der Waals surface area (Å²) in [6.45, 7) is 4.23. The average molecular weight is 260 g/mol. The summed E-state index contributed by atoms with van der Waals surface area (Å²) < 4.78 is 4.87. The quantitative estimate of drug-likeness (QED) is 0.194. The summed E-state index contributed by atoms with van der Waals surface area (Å²) in [6.07, 6.45) is 22.2. The van der Waals surface area contributed by atoms with Crippen LogP contribution in [0, 0.1) is 0 Å². The molecule has 0 N–H and O–H groups in total. The Kier molecular flexibility index (Phi) is 12.9. The first-order valence-corrected chi connectivity index (χ1v) is 6.83. The van der Waals surface area contributed by atoms with Crippen LogP contribution < -0.4 is 0 Å². The Morgan fingerprint density at radius 3 is 2.42 bits per heavy atom. The van der Waals surface area contributed by atoms with Crippen LogP contribution in [-0.4, -0.2) is 5.97 Å². The molecule has 0 spiro atoms. The van der Waals surface area contributed by atoms with Crippen LogP contribution >= 0.6 is 0 Å². The number of carbonyl (C=O) groups is 1. The van der Waals surface area contributed by atoms with Gasteiger partial charge in [-0.25, -0.2) is 4.79 Å². The van der Waals surface area contributed by atoms with Crippen molar-refractivity contribution in [1.29, 1.82) is 0 Å². The monoisotopic (exact) mass is 260 g/mol. The lowest BCUT2D eigenvalue weighted by Gasteiger charge is -1.90. The summed E-state index contributed by atoms with van der Waals surface area (Å²) in [7, 11) is 0. The van der Waals surface area contributed by atoms with Gasteiger partial charge in [0.25, 0.3) is 0 Å². The van der Waals surface area contributed by atoms with Crippen molar-refractivity contribution < 1.29 is 9.53 Å². The Balaban J connectivity index is 3.77. The fourth-order valence-corrected chi connectivity index (χ4v) is 1.16. The summed E-state index contributed by atoms with van der Waals surface area (Å²) in [5.74, 6) is -0.373. The third kappa shape index (κ3) is 14.1. The molecule has 2 heteroatoms. The first kappa shape index (κ1) is 17.2. The molecular formula is C17H24O2. The van der Waals surface area contributed by atoms with Crippen LogP contribution in [0.1, 0.15) is 39.5 Å². The Labute approximate surface area is 116 Å². The third-order valence-corrected chi connectivity index (χ3v) is 2.17. The third-order valence-electron chi connectivity index (χ3n) is 2.17. The lowest BCUT2D eigenvalue weighted by atomic mass is 10.2. The Morgan fingerprint density at radius 1 is 0.947 bits per heavy atom. The Bertz CT molecular complexity index is 357. The van der Waals surface area contributed by atoms with Crippen molar-refractivity contribution in [2.24, 2.45) is 0 Å². The van der Waals surface area contributed by atoms with Gasteiger partial charge in [0.15, 0.2) is 0 Å².